The van der Waals surface area contributed by atoms with E-state index in [1.807, 2.05) is 18.7 Å². The zero-order chi connectivity index (χ0) is 11.5. The topological polar surface area (TPSA) is 55.6 Å². The van der Waals surface area contributed by atoms with E-state index in [0.29, 0.717) is 6.42 Å². The van der Waals surface area contributed by atoms with E-state index in [9.17, 15) is 4.79 Å². The molecular formula is C11H22N2O2. The van der Waals surface area contributed by atoms with Crippen LogP contribution < -0.4 is 5.73 Å². The van der Waals surface area contributed by atoms with Crippen LogP contribution in [0.3, 0.4) is 0 Å². The van der Waals surface area contributed by atoms with Crippen LogP contribution in [0.15, 0.2) is 0 Å². The maximum Gasteiger partial charge on any atom is 0.225 e. The molecule has 4 nitrogen and oxygen atoms in total. The fourth-order valence-corrected chi connectivity index (χ4v) is 1.70. The Balaban J connectivity index is 2.41. The van der Waals surface area contributed by atoms with Crippen LogP contribution >= 0.6 is 0 Å². The summed E-state index contributed by atoms with van der Waals surface area (Å²) in [6, 6.07) is 0.268. The molecule has 1 amide bonds. The third-order valence-corrected chi connectivity index (χ3v) is 3.02. The highest BCUT2D eigenvalue weighted by molar-refractivity contribution is 5.77. The molecule has 0 aliphatic carbocycles. The average Bonchev–Trinajstić information content (AvgIpc) is 2.18. The molecule has 1 rings (SSSR count). The third-order valence-electron chi connectivity index (χ3n) is 3.02. The summed E-state index contributed by atoms with van der Waals surface area (Å²) in [5.41, 5.74) is 5.42. The Kier molecular flexibility index (Phi) is 4.11. The van der Waals surface area contributed by atoms with Crippen molar-refractivity contribution in [1.29, 1.82) is 0 Å². The SMILES string of the molecule is COC(C)(C)CC(=O)N1CCC(N)CC1. The molecule has 0 aromatic rings. The lowest BCUT2D eigenvalue weighted by molar-refractivity contribution is -0.137. The molecular weight excluding hydrogens is 192 g/mol. The minimum absolute atomic E-state index is 0.175. The van der Waals surface area contributed by atoms with Gasteiger partial charge in [-0.3, -0.25) is 4.79 Å². The fourth-order valence-electron chi connectivity index (χ4n) is 1.70. The Morgan fingerprint density at radius 3 is 2.47 bits per heavy atom. The molecule has 15 heavy (non-hydrogen) atoms. The van der Waals surface area contributed by atoms with Crippen molar-refractivity contribution in [2.45, 2.75) is 44.8 Å². The van der Waals surface area contributed by atoms with E-state index in [1.165, 1.54) is 0 Å². The Labute approximate surface area is 91.8 Å². The van der Waals surface area contributed by atoms with Gasteiger partial charge >= 0.3 is 0 Å². The van der Waals surface area contributed by atoms with E-state index in [0.717, 1.165) is 25.9 Å². The number of likely N-dealkylation sites (tertiary alicyclic amines) is 1. The molecule has 0 aromatic heterocycles. The van der Waals surface area contributed by atoms with Crippen molar-refractivity contribution in [1.82, 2.24) is 4.90 Å². The molecule has 0 saturated carbocycles. The second-order valence-corrected chi connectivity index (χ2v) is 4.86. The number of carbonyl (C=O) groups excluding carboxylic acids is 1. The van der Waals surface area contributed by atoms with E-state index >= 15 is 0 Å². The lowest BCUT2D eigenvalue weighted by atomic mass is 10.0. The van der Waals surface area contributed by atoms with Gasteiger partial charge in [0.05, 0.1) is 12.0 Å². The maximum atomic E-state index is 11.9. The molecule has 4 heteroatoms. The van der Waals surface area contributed by atoms with Crippen LogP contribution in [0.2, 0.25) is 0 Å². The number of hydrogen-bond donors (Lipinski definition) is 1. The molecule has 0 bridgehead atoms. The van der Waals surface area contributed by atoms with Crippen LogP contribution in [0, 0.1) is 0 Å². The highest BCUT2D eigenvalue weighted by Gasteiger charge is 2.26. The van der Waals surface area contributed by atoms with Gasteiger partial charge in [0.25, 0.3) is 0 Å². The number of amides is 1. The quantitative estimate of drug-likeness (QED) is 0.754. The molecule has 1 fully saturated rings. The van der Waals surface area contributed by atoms with Gasteiger partial charge in [-0.15, -0.1) is 0 Å². The summed E-state index contributed by atoms with van der Waals surface area (Å²) in [5.74, 6) is 0.175. The zero-order valence-corrected chi connectivity index (χ0v) is 9.95. The molecule has 1 aliphatic rings. The minimum Gasteiger partial charge on any atom is -0.378 e. The summed E-state index contributed by atoms with van der Waals surface area (Å²) in [4.78, 5) is 13.8. The van der Waals surface area contributed by atoms with Crippen molar-refractivity contribution in [3.8, 4) is 0 Å². The lowest BCUT2D eigenvalue weighted by Gasteiger charge is -2.32. The van der Waals surface area contributed by atoms with Gasteiger partial charge in [0, 0.05) is 26.2 Å². The highest BCUT2D eigenvalue weighted by Crippen LogP contribution is 2.17. The molecule has 2 N–H and O–H groups in total. The first-order chi connectivity index (χ1) is 6.94. The van der Waals surface area contributed by atoms with Gasteiger partial charge < -0.3 is 15.4 Å². The largest absolute Gasteiger partial charge is 0.378 e. The molecule has 0 aromatic carbocycles. The van der Waals surface area contributed by atoms with Gasteiger partial charge in [-0.2, -0.15) is 0 Å². The van der Waals surface area contributed by atoms with Gasteiger partial charge in [0.15, 0.2) is 0 Å². The summed E-state index contributed by atoms with van der Waals surface area (Å²) >= 11 is 0. The summed E-state index contributed by atoms with van der Waals surface area (Å²) in [5, 5.41) is 0. The normalized spacial score (nSPS) is 19.3. The number of hydrogen-bond acceptors (Lipinski definition) is 3. The van der Waals surface area contributed by atoms with E-state index < -0.39 is 0 Å². The molecule has 0 radical (unpaired) electrons. The van der Waals surface area contributed by atoms with E-state index in [-0.39, 0.29) is 17.6 Å². The van der Waals surface area contributed by atoms with Crippen molar-refractivity contribution in [2.75, 3.05) is 20.2 Å². The van der Waals surface area contributed by atoms with Crippen molar-refractivity contribution < 1.29 is 9.53 Å². The van der Waals surface area contributed by atoms with Crippen LogP contribution in [-0.4, -0.2) is 42.6 Å². The number of methoxy groups -OCH3 is 1. The summed E-state index contributed by atoms with van der Waals surface area (Å²) in [7, 11) is 1.64. The third kappa shape index (κ3) is 3.80. The van der Waals surface area contributed by atoms with Gasteiger partial charge in [-0.05, 0) is 26.7 Å². The van der Waals surface area contributed by atoms with Gasteiger partial charge in [-0.25, -0.2) is 0 Å². The zero-order valence-electron chi connectivity index (χ0n) is 9.95. The summed E-state index contributed by atoms with van der Waals surface area (Å²) in [6.07, 6.45) is 2.27. The molecule has 0 unspecified atom stereocenters. The number of carbonyl (C=O) groups is 1. The first-order valence-electron chi connectivity index (χ1n) is 5.53. The molecule has 1 heterocycles. The van der Waals surface area contributed by atoms with Crippen molar-refractivity contribution in [3.05, 3.63) is 0 Å². The van der Waals surface area contributed by atoms with E-state index in [2.05, 4.69) is 0 Å². The predicted molar refractivity (Wildman–Crippen MR) is 59.5 cm³/mol. The number of piperidine rings is 1. The number of nitrogens with zero attached hydrogens (tertiary/aromatic N) is 1. The first-order valence-corrected chi connectivity index (χ1v) is 5.53. The predicted octanol–water partition coefficient (Wildman–Crippen LogP) is 0.751. The van der Waals surface area contributed by atoms with Crippen LogP contribution in [-0.2, 0) is 9.53 Å². The number of ether oxygens (including phenoxy) is 1. The monoisotopic (exact) mass is 214 g/mol. The molecule has 0 spiro atoms. The van der Waals surface area contributed by atoms with Gasteiger partial charge in [0.1, 0.15) is 0 Å². The molecule has 88 valence electrons. The second-order valence-electron chi connectivity index (χ2n) is 4.86. The van der Waals surface area contributed by atoms with Crippen molar-refractivity contribution in [2.24, 2.45) is 5.73 Å². The molecule has 1 aliphatic heterocycles. The summed E-state index contributed by atoms with van der Waals surface area (Å²) < 4.78 is 5.25. The summed E-state index contributed by atoms with van der Waals surface area (Å²) in [6.45, 7) is 5.45. The van der Waals surface area contributed by atoms with Crippen molar-refractivity contribution in [3.63, 3.8) is 0 Å². The van der Waals surface area contributed by atoms with Crippen LogP contribution in [0.25, 0.3) is 0 Å². The smallest absolute Gasteiger partial charge is 0.225 e. The highest BCUT2D eigenvalue weighted by atomic mass is 16.5. The second kappa shape index (κ2) is 4.94. The standard InChI is InChI=1S/C11H22N2O2/c1-11(2,15-3)8-10(14)13-6-4-9(12)5-7-13/h9H,4-8,12H2,1-3H3. The first kappa shape index (κ1) is 12.5. The van der Waals surface area contributed by atoms with Crippen LogP contribution in [0.4, 0.5) is 0 Å². The Hall–Kier alpha value is -0.610. The Morgan fingerprint density at radius 1 is 1.47 bits per heavy atom. The lowest BCUT2D eigenvalue weighted by Crippen LogP contribution is -2.45. The number of rotatable bonds is 3. The molecule has 0 atom stereocenters. The average molecular weight is 214 g/mol. The Morgan fingerprint density at radius 2 is 2.00 bits per heavy atom. The fraction of sp³-hybridized carbons (Fsp3) is 0.909. The molecule has 1 saturated heterocycles. The van der Waals surface area contributed by atoms with Crippen molar-refractivity contribution >= 4 is 5.91 Å². The van der Waals surface area contributed by atoms with E-state index in [1.54, 1.807) is 7.11 Å². The van der Waals surface area contributed by atoms with Crippen LogP contribution in [0.5, 0.6) is 0 Å². The van der Waals surface area contributed by atoms with Crippen LogP contribution in [0.1, 0.15) is 33.1 Å². The maximum absolute atomic E-state index is 11.9. The minimum atomic E-state index is -0.364. The van der Waals surface area contributed by atoms with E-state index in [4.69, 9.17) is 10.5 Å². The Bertz CT molecular complexity index is 221. The number of nitrogens with two attached hydrogens (primary N) is 1. The van der Waals surface area contributed by atoms with Gasteiger partial charge in [-0.1, -0.05) is 0 Å². The van der Waals surface area contributed by atoms with Gasteiger partial charge in [0.2, 0.25) is 5.91 Å².